The van der Waals surface area contributed by atoms with Gasteiger partial charge in [-0.1, -0.05) is 37.0 Å². The van der Waals surface area contributed by atoms with Crippen molar-refractivity contribution in [2.45, 2.75) is 32.6 Å². The third-order valence-electron chi connectivity index (χ3n) is 4.79. The number of aromatic nitrogens is 1. The van der Waals surface area contributed by atoms with E-state index in [-0.39, 0.29) is 23.7 Å². The van der Waals surface area contributed by atoms with Gasteiger partial charge in [-0.15, -0.1) is 0 Å². The summed E-state index contributed by atoms with van der Waals surface area (Å²) in [4.78, 5) is 28.5. The van der Waals surface area contributed by atoms with E-state index in [0.717, 1.165) is 12.0 Å². The molecule has 1 aliphatic heterocycles. The summed E-state index contributed by atoms with van der Waals surface area (Å²) in [6.07, 6.45) is 2.65. The number of rotatable bonds is 6. The van der Waals surface area contributed by atoms with Crippen molar-refractivity contribution in [3.05, 3.63) is 51.6 Å². The maximum absolute atomic E-state index is 12.7. The van der Waals surface area contributed by atoms with Crippen molar-refractivity contribution in [3.8, 4) is 0 Å². The predicted octanol–water partition coefficient (Wildman–Crippen LogP) is 4.94. The van der Waals surface area contributed by atoms with Crippen LogP contribution in [0.3, 0.4) is 0 Å². The highest BCUT2D eigenvalue weighted by Crippen LogP contribution is 2.29. The number of halogens is 2. The van der Waals surface area contributed by atoms with E-state index in [4.69, 9.17) is 27.9 Å². The molecule has 6 nitrogen and oxygen atoms in total. The van der Waals surface area contributed by atoms with Crippen LogP contribution in [0.1, 0.15) is 48.5 Å². The summed E-state index contributed by atoms with van der Waals surface area (Å²) in [5, 5.41) is 7.13. The molecule has 1 saturated heterocycles. The molecule has 3 rings (SSSR count). The third kappa shape index (κ3) is 5.61. The van der Waals surface area contributed by atoms with Gasteiger partial charge in [0.2, 0.25) is 0 Å². The van der Waals surface area contributed by atoms with Crippen LogP contribution in [0.25, 0.3) is 0 Å². The molecule has 2 heterocycles. The van der Waals surface area contributed by atoms with Crippen molar-refractivity contribution in [1.82, 2.24) is 10.3 Å². The van der Waals surface area contributed by atoms with E-state index < -0.39 is 0 Å². The summed E-state index contributed by atoms with van der Waals surface area (Å²) in [6.45, 7) is 4.88. The fourth-order valence-corrected chi connectivity index (χ4v) is 3.63. The lowest BCUT2D eigenvalue weighted by molar-refractivity contribution is -0.149. The summed E-state index contributed by atoms with van der Waals surface area (Å²) >= 11 is 12.2. The van der Waals surface area contributed by atoms with Gasteiger partial charge in [0.25, 0.3) is 5.91 Å². The highest BCUT2D eigenvalue weighted by Gasteiger charge is 2.22. The van der Waals surface area contributed by atoms with Crippen molar-refractivity contribution >= 4 is 46.6 Å². The Hall–Kier alpha value is -2.31. The molecule has 1 unspecified atom stereocenters. The standard InChI is InChI=1S/C21H23Cl2N3O3/c1-12(2)15-9-19(26-18-4-3-14(22)8-17(18)23)24-11-16(15)21(28)25-10-13-5-6-29-20(27)7-13/h3-4,8-9,11-13H,5-7,10H2,1-2H3,(H,24,26)(H,25,28). The van der Waals surface area contributed by atoms with E-state index in [1.807, 2.05) is 19.9 Å². The molecule has 29 heavy (non-hydrogen) atoms. The topological polar surface area (TPSA) is 80.3 Å². The fourth-order valence-electron chi connectivity index (χ4n) is 3.18. The van der Waals surface area contributed by atoms with Crippen LogP contribution in [-0.2, 0) is 9.53 Å². The van der Waals surface area contributed by atoms with Crippen LogP contribution >= 0.6 is 23.2 Å². The van der Waals surface area contributed by atoms with Crippen molar-refractivity contribution in [1.29, 1.82) is 0 Å². The fraction of sp³-hybridized carbons (Fsp3) is 0.381. The number of amides is 1. The number of carbonyl (C=O) groups is 2. The van der Waals surface area contributed by atoms with E-state index in [0.29, 0.717) is 46.7 Å². The molecule has 1 aromatic carbocycles. The molecule has 0 saturated carbocycles. The summed E-state index contributed by atoms with van der Waals surface area (Å²) in [5.74, 6) is 0.394. The Labute approximate surface area is 179 Å². The average Bonchev–Trinajstić information content (AvgIpc) is 2.68. The molecule has 1 aliphatic rings. The Balaban J connectivity index is 1.73. The van der Waals surface area contributed by atoms with Crippen molar-refractivity contribution < 1.29 is 14.3 Å². The molecule has 0 spiro atoms. The summed E-state index contributed by atoms with van der Waals surface area (Å²) < 4.78 is 4.94. The minimum absolute atomic E-state index is 0.101. The molecule has 8 heteroatoms. The minimum Gasteiger partial charge on any atom is -0.466 e. The second-order valence-corrected chi connectivity index (χ2v) is 8.19. The van der Waals surface area contributed by atoms with E-state index >= 15 is 0 Å². The maximum Gasteiger partial charge on any atom is 0.306 e. The van der Waals surface area contributed by atoms with Crippen LogP contribution in [0, 0.1) is 5.92 Å². The van der Waals surface area contributed by atoms with Gasteiger partial charge in [-0.05, 0) is 48.1 Å². The first-order valence-electron chi connectivity index (χ1n) is 9.49. The number of carbonyl (C=O) groups excluding carboxylic acids is 2. The van der Waals surface area contributed by atoms with Gasteiger partial charge in [0.05, 0.1) is 29.3 Å². The number of ether oxygens (including phenoxy) is 1. The number of esters is 1. The predicted molar refractivity (Wildman–Crippen MR) is 114 cm³/mol. The first-order valence-corrected chi connectivity index (χ1v) is 10.2. The Bertz CT molecular complexity index is 918. The van der Waals surface area contributed by atoms with Gasteiger partial charge >= 0.3 is 5.97 Å². The smallest absolute Gasteiger partial charge is 0.306 e. The van der Waals surface area contributed by atoms with Crippen LogP contribution in [0.2, 0.25) is 10.0 Å². The normalized spacial score (nSPS) is 16.4. The van der Waals surface area contributed by atoms with Gasteiger partial charge in [0.1, 0.15) is 5.82 Å². The zero-order chi connectivity index (χ0) is 21.0. The zero-order valence-electron chi connectivity index (χ0n) is 16.3. The average molecular weight is 436 g/mol. The number of hydrogen-bond acceptors (Lipinski definition) is 5. The Morgan fingerprint density at radius 1 is 1.31 bits per heavy atom. The second-order valence-electron chi connectivity index (χ2n) is 7.35. The number of cyclic esters (lactones) is 1. The first kappa shape index (κ1) is 21.4. The number of hydrogen-bond donors (Lipinski definition) is 2. The zero-order valence-corrected chi connectivity index (χ0v) is 17.8. The molecule has 154 valence electrons. The first-order chi connectivity index (χ1) is 13.8. The lowest BCUT2D eigenvalue weighted by Gasteiger charge is -2.22. The molecular formula is C21H23Cl2N3O3. The van der Waals surface area contributed by atoms with Gasteiger partial charge in [-0.3, -0.25) is 9.59 Å². The van der Waals surface area contributed by atoms with E-state index in [2.05, 4.69) is 15.6 Å². The van der Waals surface area contributed by atoms with Crippen molar-refractivity contribution in [2.24, 2.45) is 5.92 Å². The molecule has 1 aromatic heterocycles. The number of pyridine rings is 1. The van der Waals surface area contributed by atoms with Gasteiger partial charge in [0.15, 0.2) is 0 Å². The number of benzene rings is 1. The molecule has 1 amide bonds. The molecule has 2 N–H and O–H groups in total. The van der Waals surface area contributed by atoms with Crippen LogP contribution < -0.4 is 10.6 Å². The molecule has 0 radical (unpaired) electrons. The highest BCUT2D eigenvalue weighted by molar-refractivity contribution is 6.36. The number of anilines is 2. The van der Waals surface area contributed by atoms with E-state index in [1.54, 1.807) is 24.4 Å². The van der Waals surface area contributed by atoms with Crippen LogP contribution in [0.5, 0.6) is 0 Å². The van der Waals surface area contributed by atoms with Gasteiger partial charge in [-0.2, -0.15) is 0 Å². The monoisotopic (exact) mass is 435 g/mol. The quantitative estimate of drug-likeness (QED) is 0.628. The molecule has 2 aromatic rings. The van der Waals surface area contributed by atoms with E-state index in [9.17, 15) is 9.59 Å². The Kier molecular flexibility index (Phi) is 6.98. The van der Waals surface area contributed by atoms with Crippen molar-refractivity contribution in [3.63, 3.8) is 0 Å². The van der Waals surface area contributed by atoms with Crippen LogP contribution in [0.15, 0.2) is 30.5 Å². The number of nitrogens with zero attached hydrogens (tertiary/aromatic N) is 1. The SMILES string of the molecule is CC(C)c1cc(Nc2ccc(Cl)cc2Cl)ncc1C(=O)NCC1CCOC(=O)C1. The molecule has 0 aliphatic carbocycles. The molecule has 1 atom stereocenters. The Morgan fingerprint density at radius 3 is 2.79 bits per heavy atom. The van der Waals surface area contributed by atoms with E-state index in [1.165, 1.54) is 0 Å². The summed E-state index contributed by atoms with van der Waals surface area (Å²) in [6, 6.07) is 7.01. The van der Waals surface area contributed by atoms with Crippen LogP contribution in [0.4, 0.5) is 11.5 Å². The van der Waals surface area contributed by atoms with Crippen molar-refractivity contribution in [2.75, 3.05) is 18.5 Å². The van der Waals surface area contributed by atoms with Crippen LogP contribution in [-0.4, -0.2) is 30.0 Å². The lowest BCUT2D eigenvalue weighted by atomic mass is 9.97. The highest BCUT2D eigenvalue weighted by atomic mass is 35.5. The number of nitrogens with one attached hydrogen (secondary N) is 2. The lowest BCUT2D eigenvalue weighted by Crippen LogP contribution is -2.34. The summed E-state index contributed by atoms with van der Waals surface area (Å²) in [7, 11) is 0. The molecule has 1 fully saturated rings. The largest absolute Gasteiger partial charge is 0.466 e. The minimum atomic E-state index is -0.212. The maximum atomic E-state index is 12.7. The Morgan fingerprint density at radius 2 is 2.10 bits per heavy atom. The third-order valence-corrected chi connectivity index (χ3v) is 5.34. The van der Waals surface area contributed by atoms with Gasteiger partial charge < -0.3 is 15.4 Å². The summed E-state index contributed by atoms with van der Waals surface area (Å²) in [5.41, 5.74) is 2.07. The van der Waals surface area contributed by atoms with Gasteiger partial charge in [-0.25, -0.2) is 4.98 Å². The molecule has 0 bridgehead atoms. The molecular weight excluding hydrogens is 413 g/mol. The second kappa shape index (κ2) is 9.46. The van der Waals surface area contributed by atoms with Gasteiger partial charge in [0, 0.05) is 17.8 Å².